The Hall–Kier alpha value is -2.82. The second-order valence-electron chi connectivity index (χ2n) is 6.09. The number of nitrogens with one attached hydrogen (secondary N) is 2. The monoisotopic (exact) mass is 324 g/mol. The van der Waals surface area contributed by atoms with Crippen LogP contribution in [0.15, 0.2) is 48.5 Å². The molecule has 0 aliphatic heterocycles. The molecule has 1 fully saturated rings. The fraction of sp³-hybridized carbons (Fsp3) is 0.263. The molecular weight excluding hydrogens is 304 g/mol. The van der Waals surface area contributed by atoms with E-state index in [1.165, 1.54) is 0 Å². The van der Waals surface area contributed by atoms with Crippen LogP contribution in [0.5, 0.6) is 5.75 Å². The van der Waals surface area contributed by atoms with E-state index in [-0.39, 0.29) is 11.8 Å². The van der Waals surface area contributed by atoms with Gasteiger partial charge in [0.15, 0.2) is 0 Å². The van der Waals surface area contributed by atoms with Crippen LogP contribution >= 0.6 is 0 Å². The number of aryl methyl sites for hydroxylation is 1. The number of hydrogen-bond acceptors (Lipinski definition) is 3. The highest BCUT2D eigenvalue weighted by Crippen LogP contribution is 2.47. The van der Waals surface area contributed by atoms with Crippen molar-refractivity contribution in [1.29, 1.82) is 0 Å². The van der Waals surface area contributed by atoms with Gasteiger partial charge in [-0.15, -0.1) is 0 Å². The summed E-state index contributed by atoms with van der Waals surface area (Å²) in [5, 5.41) is 5.67. The van der Waals surface area contributed by atoms with Gasteiger partial charge in [0, 0.05) is 17.4 Å². The van der Waals surface area contributed by atoms with Crippen molar-refractivity contribution in [1.82, 2.24) is 0 Å². The van der Waals surface area contributed by atoms with Crippen LogP contribution in [-0.2, 0) is 9.59 Å². The predicted molar refractivity (Wildman–Crippen MR) is 93.1 cm³/mol. The Balaban J connectivity index is 1.70. The van der Waals surface area contributed by atoms with E-state index < -0.39 is 5.41 Å². The van der Waals surface area contributed by atoms with Gasteiger partial charge < -0.3 is 15.4 Å². The smallest absolute Gasteiger partial charge is 0.240 e. The molecular formula is C19H20N2O3. The Morgan fingerprint density at radius 2 is 1.54 bits per heavy atom. The lowest BCUT2D eigenvalue weighted by Gasteiger charge is -2.16. The van der Waals surface area contributed by atoms with Crippen molar-refractivity contribution in [3.63, 3.8) is 0 Å². The van der Waals surface area contributed by atoms with Gasteiger partial charge in [0.1, 0.15) is 11.2 Å². The summed E-state index contributed by atoms with van der Waals surface area (Å²) in [7, 11) is 1.57. The lowest BCUT2D eigenvalue weighted by Crippen LogP contribution is -2.35. The first-order valence-corrected chi connectivity index (χ1v) is 7.87. The molecule has 0 atom stereocenters. The van der Waals surface area contributed by atoms with E-state index in [4.69, 9.17) is 4.74 Å². The molecule has 3 rings (SSSR count). The van der Waals surface area contributed by atoms with Crippen molar-refractivity contribution >= 4 is 23.2 Å². The summed E-state index contributed by atoms with van der Waals surface area (Å²) >= 11 is 0. The Morgan fingerprint density at radius 3 is 2.08 bits per heavy atom. The predicted octanol–water partition coefficient (Wildman–Crippen LogP) is 3.36. The molecule has 2 aromatic carbocycles. The lowest BCUT2D eigenvalue weighted by atomic mass is 10.0. The van der Waals surface area contributed by atoms with Crippen molar-refractivity contribution in [3.05, 3.63) is 54.1 Å². The van der Waals surface area contributed by atoms with Crippen LogP contribution in [0.2, 0.25) is 0 Å². The largest absolute Gasteiger partial charge is 0.497 e. The summed E-state index contributed by atoms with van der Waals surface area (Å²) in [4.78, 5) is 25.1. The minimum atomic E-state index is -0.979. The van der Waals surface area contributed by atoms with Crippen LogP contribution < -0.4 is 15.4 Å². The van der Waals surface area contributed by atoms with Gasteiger partial charge in [-0.1, -0.05) is 18.2 Å². The van der Waals surface area contributed by atoms with E-state index in [1.54, 1.807) is 31.4 Å². The van der Waals surface area contributed by atoms with Crippen molar-refractivity contribution in [2.45, 2.75) is 19.8 Å². The van der Waals surface area contributed by atoms with Crippen LogP contribution in [0, 0.1) is 12.3 Å². The minimum absolute atomic E-state index is 0.256. The van der Waals surface area contributed by atoms with Gasteiger partial charge in [-0.05, 0) is 49.6 Å². The normalized spacial score (nSPS) is 14.6. The van der Waals surface area contributed by atoms with E-state index in [0.717, 1.165) is 5.56 Å². The standard InChI is InChI=1S/C19H20N2O3/c1-13-5-3-6-14(11-13)20-17(22)19(9-10-19)18(23)21-15-7-4-8-16(12-15)24-2/h3-8,11-12H,9-10H2,1-2H3,(H,20,22)(H,21,23). The quantitative estimate of drug-likeness (QED) is 0.829. The Kier molecular flexibility index (Phi) is 4.25. The highest BCUT2D eigenvalue weighted by molar-refractivity contribution is 6.16. The van der Waals surface area contributed by atoms with Gasteiger partial charge in [-0.3, -0.25) is 9.59 Å². The molecule has 5 nitrogen and oxygen atoms in total. The van der Waals surface area contributed by atoms with Crippen molar-refractivity contribution in [2.75, 3.05) is 17.7 Å². The Labute approximate surface area is 141 Å². The van der Waals surface area contributed by atoms with Crippen molar-refractivity contribution in [2.24, 2.45) is 5.41 Å². The molecule has 0 heterocycles. The molecule has 2 N–H and O–H groups in total. The minimum Gasteiger partial charge on any atom is -0.497 e. The molecule has 2 amide bonds. The van der Waals surface area contributed by atoms with Gasteiger partial charge in [0.2, 0.25) is 11.8 Å². The maximum Gasteiger partial charge on any atom is 0.240 e. The number of carbonyl (C=O) groups excluding carboxylic acids is 2. The van der Waals surface area contributed by atoms with E-state index in [1.807, 2.05) is 31.2 Å². The highest BCUT2D eigenvalue weighted by Gasteiger charge is 2.56. The summed E-state index contributed by atoms with van der Waals surface area (Å²) in [6.07, 6.45) is 1.11. The summed E-state index contributed by atoms with van der Waals surface area (Å²) in [5.74, 6) is 0.122. The zero-order chi connectivity index (χ0) is 17.2. The third-order valence-electron chi connectivity index (χ3n) is 4.22. The van der Waals surface area contributed by atoms with Gasteiger partial charge in [-0.25, -0.2) is 0 Å². The van der Waals surface area contributed by atoms with Gasteiger partial charge in [-0.2, -0.15) is 0 Å². The lowest BCUT2D eigenvalue weighted by molar-refractivity contribution is -0.131. The SMILES string of the molecule is COc1cccc(NC(=O)C2(C(=O)Nc3cccc(C)c3)CC2)c1. The summed E-state index contributed by atoms with van der Waals surface area (Å²) < 4.78 is 5.14. The molecule has 24 heavy (non-hydrogen) atoms. The highest BCUT2D eigenvalue weighted by atomic mass is 16.5. The van der Waals surface area contributed by atoms with Crippen LogP contribution in [0.3, 0.4) is 0 Å². The molecule has 0 aromatic heterocycles. The van der Waals surface area contributed by atoms with E-state index in [0.29, 0.717) is 30.0 Å². The van der Waals surface area contributed by atoms with Crippen molar-refractivity contribution < 1.29 is 14.3 Å². The number of anilines is 2. The molecule has 124 valence electrons. The summed E-state index contributed by atoms with van der Waals surface area (Å²) in [6.45, 7) is 1.96. The molecule has 1 aliphatic carbocycles. The zero-order valence-electron chi connectivity index (χ0n) is 13.8. The second kappa shape index (κ2) is 6.35. The number of hydrogen-bond donors (Lipinski definition) is 2. The van der Waals surface area contributed by atoms with Gasteiger partial charge >= 0.3 is 0 Å². The van der Waals surface area contributed by atoms with E-state index >= 15 is 0 Å². The average molecular weight is 324 g/mol. The maximum absolute atomic E-state index is 12.6. The Morgan fingerprint density at radius 1 is 0.958 bits per heavy atom. The number of carbonyl (C=O) groups is 2. The number of rotatable bonds is 5. The third-order valence-corrected chi connectivity index (χ3v) is 4.22. The molecule has 0 bridgehead atoms. The van der Waals surface area contributed by atoms with Crippen LogP contribution in [0.4, 0.5) is 11.4 Å². The molecule has 0 radical (unpaired) electrons. The molecule has 0 unspecified atom stereocenters. The summed E-state index contributed by atoms with van der Waals surface area (Å²) in [5.41, 5.74) is 1.40. The van der Waals surface area contributed by atoms with Crippen molar-refractivity contribution in [3.8, 4) is 5.75 Å². The molecule has 1 saturated carbocycles. The van der Waals surface area contributed by atoms with E-state index in [9.17, 15) is 9.59 Å². The fourth-order valence-electron chi connectivity index (χ4n) is 2.61. The first kappa shape index (κ1) is 16.1. The maximum atomic E-state index is 12.6. The average Bonchev–Trinajstić information content (AvgIpc) is 3.37. The molecule has 2 aromatic rings. The first-order valence-electron chi connectivity index (χ1n) is 7.87. The van der Waals surface area contributed by atoms with Crippen LogP contribution in [0.25, 0.3) is 0 Å². The van der Waals surface area contributed by atoms with Crippen LogP contribution in [0.1, 0.15) is 18.4 Å². The Bertz CT molecular complexity index is 782. The summed E-state index contributed by atoms with van der Waals surface area (Å²) in [6, 6.07) is 14.6. The number of methoxy groups -OCH3 is 1. The fourth-order valence-corrected chi connectivity index (χ4v) is 2.61. The molecule has 5 heteroatoms. The first-order chi connectivity index (χ1) is 11.5. The van der Waals surface area contributed by atoms with Crippen LogP contribution in [-0.4, -0.2) is 18.9 Å². The van der Waals surface area contributed by atoms with Gasteiger partial charge in [0.05, 0.1) is 7.11 Å². The number of ether oxygens (including phenoxy) is 1. The second-order valence-corrected chi connectivity index (χ2v) is 6.09. The van der Waals surface area contributed by atoms with Gasteiger partial charge in [0.25, 0.3) is 0 Å². The van der Waals surface area contributed by atoms with E-state index in [2.05, 4.69) is 10.6 Å². The number of amides is 2. The molecule has 0 spiro atoms. The third kappa shape index (κ3) is 3.25. The molecule has 0 saturated heterocycles. The number of benzene rings is 2. The molecule has 1 aliphatic rings. The topological polar surface area (TPSA) is 67.4 Å². The zero-order valence-corrected chi connectivity index (χ0v) is 13.8.